The second kappa shape index (κ2) is 6.21. The molecule has 0 bridgehead atoms. The lowest BCUT2D eigenvalue weighted by Gasteiger charge is -2.28. The highest BCUT2D eigenvalue weighted by Crippen LogP contribution is 2.29. The molecular formula is C15H23NO2. The molecule has 100 valence electrons. The fraction of sp³-hybridized carbons (Fsp3) is 0.600. The summed E-state index contributed by atoms with van der Waals surface area (Å²) in [6.07, 6.45) is 2.33. The molecule has 1 aliphatic heterocycles. The van der Waals surface area contributed by atoms with E-state index in [9.17, 15) is 0 Å². The molecule has 0 amide bonds. The minimum Gasteiger partial charge on any atom is -0.491 e. The van der Waals surface area contributed by atoms with Crippen molar-refractivity contribution in [1.29, 1.82) is 0 Å². The molecule has 0 aromatic heterocycles. The Morgan fingerprint density at radius 2 is 1.78 bits per heavy atom. The predicted molar refractivity (Wildman–Crippen MR) is 72.7 cm³/mol. The van der Waals surface area contributed by atoms with Crippen LogP contribution in [0.3, 0.4) is 0 Å². The number of ether oxygens (including phenoxy) is 2. The maximum absolute atomic E-state index is 6.32. The molecule has 0 radical (unpaired) electrons. The van der Waals surface area contributed by atoms with Gasteiger partial charge in [0.05, 0.1) is 6.10 Å². The van der Waals surface area contributed by atoms with Crippen LogP contribution < -0.4 is 10.5 Å². The fourth-order valence-corrected chi connectivity index (χ4v) is 2.39. The van der Waals surface area contributed by atoms with E-state index in [1.54, 1.807) is 0 Å². The van der Waals surface area contributed by atoms with E-state index >= 15 is 0 Å². The van der Waals surface area contributed by atoms with Crippen molar-refractivity contribution < 1.29 is 9.47 Å². The second-order valence-corrected chi connectivity index (χ2v) is 5.21. The van der Waals surface area contributed by atoms with Crippen molar-refractivity contribution in [3.05, 3.63) is 29.8 Å². The normalized spacial score (nSPS) is 18.9. The molecule has 1 saturated heterocycles. The van der Waals surface area contributed by atoms with Gasteiger partial charge in [0.25, 0.3) is 0 Å². The zero-order chi connectivity index (χ0) is 13.0. The van der Waals surface area contributed by atoms with Gasteiger partial charge in [0.15, 0.2) is 0 Å². The molecular weight excluding hydrogens is 226 g/mol. The molecule has 0 aliphatic carbocycles. The van der Waals surface area contributed by atoms with E-state index in [0.29, 0.717) is 5.92 Å². The van der Waals surface area contributed by atoms with Gasteiger partial charge in [-0.15, -0.1) is 0 Å². The molecule has 1 fully saturated rings. The van der Waals surface area contributed by atoms with Gasteiger partial charge in [0.2, 0.25) is 0 Å². The molecule has 1 aromatic carbocycles. The molecule has 0 saturated carbocycles. The van der Waals surface area contributed by atoms with Crippen LogP contribution in [0.15, 0.2) is 24.3 Å². The Labute approximate surface area is 109 Å². The molecule has 2 rings (SSSR count). The summed E-state index contributed by atoms with van der Waals surface area (Å²) in [5, 5.41) is 0. The Hall–Kier alpha value is -1.06. The highest BCUT2D eigenvalue weighted by Gasteiger charge is 2.22. The summed E-state index contributed by atoms with van der Waals surface area (Å²) >= 11 is 0. The first-order valence-corrected chi connectivity index (χ1v) is 6.77. The van der Waals surface area contributed by atoms with Gasteiger partial charge in [-0.25, -0.2) is 0 Å². The Kier molecular flexibility index (Phi) is 4.61. The second-order valence-electron chi connectivity index (χ2n) is 5.21. The summed E-state index contributed by atoms with van der Waals surface area (Å²) < 4.78 is 11.0. The molecule has 18 heavy (non-hydrogen) atoms. The predicted octanol–water partition coefficient (Wildman–Crippen LogP) is 2.90. The van der Waals surface area contributed by atoms with Gasteiger partial charge in [0, 0.05) is 19.3 Å². The van der Waals surface area contributed by atoms with Gasteiger partial charge in [-0.3, -0.25) is 0 Å². The lowest BCUT2D eigenvalue weighted by atomic mass is 9.88. The van der Waals surface area contributed by atoms with Crippen molar-refractivity contribution in [2.75, 3.05) is 13.2 Å². The van der Waals surface area contributed by atoms with Crippen LogP contribution in [-0.2, 0) is 4.74 Å². The molecule has 3 heteroatoms. The van der Waals surface area contributed by atoms with Crippen LogP contribution >= 0.6 is 0 Å². The number of rotatable bonds is 4. The van der Waals surface area contributed by atoms with Gasteiger partial charge >= 0.3 is 0 Å². The topological polar surface area (TPSA) is 44.5 Å². The third-order valence-electron chi connectivity index (χ3n) is 3.41. The molecule has 1 atom stereocenters. The Bertz CT molecular complexity index is 355. The highest BCUT2D eigenvalue weighted by atomic mass is 16.5. The van der Waals surface area contributed by atoms with E-state index < -0.39 is 0 Å². The molecule has 3 nitrogen and oxygen atoms in total. The van der Waals surface area contributed by atoms with Crippen molar-refractivity contribution >= 4 is 0 Å². The zero-order valence-corrected chi connectivity index (χ0v) is 11.3. The molecule has 0 unspecified atom stereocenters. The van der Waals surface area contributed by atoms with Crippen LogP contribution in [0.5, 0.6) is 5.75 Å². The molecule has 1 heterocycles. The average Bonchev–Trinajstić information content (AvgIpc) is 2.39. The third kappa shape index (κ3) is 3.47. The number of hydrogen-bond acceptors (Lipinski definition) is 3. The van der Waals surface area contributed by atoms with Crippen LogP contribution in [0.2, 0.25) is 0 Å². The molecule has 1 aliphatic rings. The molecule has 2 N–H and O–H groups in total. The molecule has 1 aromatic rings. The third-order valence-corrected chi connectivity index (χ3v) is 3.41. The monoisotopic (exact) mass is 249 g/mol. The smallest absolute Gasteiger partial charge is 0.119 e. The maximum Gasteiger partial charge on any atom is 0.119 e. The van der Waals surface area contributed by atoms with E-state index in [2.05, 4.69) is 12.1 Å². The fourth-order valence-electron chi connectivity index (χ4n) is 2.39. The van der Waals surface area contributed by atoms with E-state index in [4.69, 9.17) is 15.2 Å². The number of nitrogens with two attached hydrogens (primary N) is 1. The summed E-state index contributed by atoms with van der Waals surface area (Å²) in [6, 6.07) is 8.29. The first kappa shape index (κ1) is 13.4. The van der Waals surface area contributed by atoms with Crippen LogP contribution in [-0.4, -0.2) is 19.3 Å². The van der Waals surface area contributed by atoms with Crippen molar-refractivity contribution in [2.24, 2.45) is 11.7 Å². The maximum atomic E-state index is 6.32. The SMILES string of the molecule is CC(C)Oc1ccc([C@H](N)C2CCOCC2)cc1. The quantitative estimate of drug-likeness (QED) is 0.892. The standard InChI is InChI=1S/C15H23NO2/c1-11(2)18-14-5-3-12(4-6-14)15(16)13-7-9-17-10-8-13/h3-6,11,13,15H,7-10,16H2,1-2H3/t15-/m0/s1. The minimum absolute atomic E-state index is 0.113. The first-order chi connectivity index (χ1) is 8.66. The van der Waals surface area contributed by atoms with E-state index in [-0.39, 0.29) is 12.1 Å². The van der Waals surface area contributed by atoms with Gasteiger partial charge in [0.1, 0.15) is 5.75 Å². The Morgan fingerprint density at radius 1 is 1.17 bits per heavy atom. The largest absolute Gasteiger partial charge is 0.491 e. The molecule has 0 spiro atoms. The van der Waals surface area contributed by atoms with Crippen molar-refractivity contribution in [1.82, 2.24) is 0 Å². The van der Waals surface area contributed by atoms with Gasteiger partial charge in [-0.1, -0.05) is 12.1 Å². The van der Waals surface area contributed by atoms with Crippen LogP contribution in [0.25, 0.3) is 0 Å². The summed E-state index contributed by atoms with van der Waals surface area (Å²) in [5.41, 5.74) is 7.52. The average molecular weight is 249 g/mol. The van der Waals surface area contributed by atoms with Gasteiger partial charge in [-0.05, 0) is 50.3 Å². The lowest BCUT2D eigenvalue weighted by Crippen LogP contribution is -2.27. The van der Waals surface area contributed by atoms with Crippen molar-refractivity contribution in [3.8, 4) is 5.75 Å². The van der Waals surface area contributed by atoms with E-state index in [1.165, 1.54) is 5.56 Å². The Balaban J connectivity index is 1.99. The summed E-state index contributed by atoms with van der Waals surface area (Å²) in [5.74, 6) is 1.45. The van der Waals surface area contributed by atoms with Crippen molar-refractivity contribution in [2.45, 2.75) is 38.8 Å². The summed E-state index contributed by atoms with van der Waals surface area (Å²) in [4.78, 5) is 0. The van der Waals surface area contributed by atoms with Crippen LogP contribution in [0, 0.1) is 5.92 Å². The van der Waals surface area contributed by atoms with E-state index in [1.807, 2.05) is 26.0 Å². The van der Waals surface area contributed by atoms with Crippen LogP contribution in [0.4, 0.5) is 0 Å². The lowest BCUT2D eigenvalue weighted by molar-refractivity contribution is 0.0583. The minimum atomic E-state index is 0.113. The van der Waals surface area contributed by atoms with Gasteiger partial charge in [-0.2, -0.15) is 0 Å². The number of hydrogen-bond donors (Lipinski definition) is 1. The Morgan fingerprint density at radius 3 is 2.33 bits per heavy atom. The van der Waals surface area contributed by atoms with Gasteiger partial charge < -0.3 is 15.2 Å². The van der Waals surface area contributed by atoms with E-state index in [0.717, 1.165) is 31.8 Å². The highest BCUT2D eigenvalue weighted by molar-refractivity contribution is 5.29. The first-order valence-electron chi connectivity index (χ1n) is 6.77. The summed E-state index contributed by atoms with van der Waals surface area (Å²) in [6.45, 7) is 5.74. The zero-order valence-electron chi connectivity index (χ0n) is 11.3. The van der Waals surface area contributed by atoms with Crippen molar-refractivity contribution in [3.63, 3.8) is 0 Å². The summed E-state index contributed by atoms with van der Waals surface area (Å²) in [7, 11) is 0. The number of benzene rings is 1. The van der Waals surface area contributed by atoms with Crippen LogP contribution in [0.1, 0.15) is 38.3 Å².